The van der Waals surface area contributed by atoms with E-state index in [2.05, 4.69) is 0 Å². The van der Waals surface area contributed by atoms with Crippen LogP contribution < -0.4 is 4.74 Å². The number of ketones is 1. The number of ether oxygens (including phenoxy) is 1. The van der Waals surface area contributed by atoms with Crippen LogP contribution in [0.5, 0.6) is 5.75 Å². The summed E-state index contributed by atoms with van der Waals surface area (Å²) in [4.78, 5) is 12.3. The highest BCUT2D eigenvalue weighted by Gasteiger charge is 2.44. The van der Waals surface area contributed by atoms with E-state index in [1.807, 2.05) is 0 Å². The molecule has 0 atom stereocenters. The Kier molecular flexibility index (Phi) is 3.15. The highest BCUT2D eigenvalue weighted by atomic mass is 19.1. The number of halogens is 1. The van der Waals surface area contributed by atoms with Crippen molar-refractivity contribution in [3.8, 4) is 5.75 Å². The summed E-state index contributed by atoms with van der Waals surface area (Å²) in [5, 5.41) is 9.35. The fourth-order valence-corrected chi connectivity index (χ4v) is 2.20. The first-order chi connectivity index (χ1) is 8.13. The summed E-state index contributed by atoms with van der Waals surface area (Å²) in [6, 6.07) is 3.87. The number of rotatable bonds is 4. The lowest BCUT2D eigenvalue weighted by Crippen LogP contribution is -2.41. The summed E-state index contributed by atoms with van der Waals surface area (Å²) in [7, 11) is 1.44. The van der Waals surface area contributed by atoms with Gasteiger partial charge in [-0.05, 0) is 31.0 Å². The number of carbonyl (C=O) groups excluding carboxylic acids is 1. The highest BCUT2D eigenvalue weighted by Crippen LogP contribution is 2.44. The molecule has 0 unspecified atom stereocenters. The normalized spacial score (nSPS) is 17.4. The summed E-state index contributed by atoms with van der Waals surface area (Å²) < 4.78 is 18.2. The number of Topliss-reactive ketones (excluding diaryl/α,β-unsaturated/α-hetero) is 1. The minimum absolute atomic E-state index is 0.189. The molecular weight excluding hydrogens is 223 g/mol. The first kappa shape index (κ1) is 12.0. The van der Waals surface area contributed by atoms with Crippen LogP contribution in [0.3, 0.4) is 0 Å². The summed E-state index contributed by atoms with van der Waals surface area (Å²) in [6.07, 6.45) is 2.23. The number of aliphatic hydroxyl groups is 1. The van der Waals surface area contributed by atoms with Gasteiger partial charge in [-0.3, -0.25) is 4.79 Å². The lowest BCUT2D eigenvalue weighted by atomic mass is 9.65. The van der Waals surface area contributed by atoms with Crippen LogP contribution in [0.25, 0.3) is 0 Å². The quantitative estimate of drug-likeness (QED) is 0.818. The van der Waals surface area contributed by atoms with Crippen LogP contribution in [0.4, 0.5) is 4.39 Å². The average molecular weight is 238 g/mol. The van der Waals surface area contributed by atoms with Gasteiger partial charge in [0.1, 0.15) is 11.6 Å². The Morgan fingerprint density at radius 3 is 2.71 bits per heavy atom. The van der Waals surface area contributed by atoms with Crippen molar-refractivity contribution in [2.45, 2.75) is 19.3 Å². The predicted molar refractivity (Wildman–Crippen MR) is 60.7 cm³/mol. The summed E-state index contributed by atoms with van der Waals surface area (Å²) in [5.41, 5.74) is -0.498. The van der Waals surface area contributed by atoms with E-state index in [1.54, 1.807) is 0 Å². The Labute approximate surface area is 99.2 Å². The third-order valence-electron chi connectivity index (χ3n) is 3.50. The number of aliphatic hydroxyl groups excluding tert-OH is 1. The zero-order valence-corrected chi connectivity index (χ0v) is 9.70. The van der Waals surface area contributed by atoms with Crippen LogP contribution >= 0.6 is 0 Å². The number of carbonyl (C=O) groups is 1. The van der Waals surface area contributed by atoms with E-state index < -0.39 is 11.2 Å². The Bertz CT molecular complexity index is 433. The van der Waals surface area contributed by atoms with Crippen LogP contribution in [0.2, 0.25) is 0 Å². The molecule has 1 aromatic rings. The molecule has 1 aromatic carbocycles. The fourth-order valence-electron chi connectivity index (χ4n) is 2.20. The average Bonchev–Trinajstić information content (AvgIpc) is 2.28. The van der Waals surface area contributed by atoms with E-state index in [0.717, 1.165) is 6.42 Å². The topological polar surface area (TPSA) is 46.5 Å². The maximum atomic E-state index is 13.2. The Balaban J connectivity index is 2.39. The van der Waals surface area contributed by atoms with Gasteiger partial charge >= 0.3 is 0 Å². The molecule has 4 heteroatoms. The molecule has 0 spiro atoms. The molecule has 0 bridgehead atoms. The second-order valence-corrected chi connectivity index (χ2v) is 4.47. The molecule has 0 heterocycles. The van der Waals surface area contributed by atoms with Gasteiger partial charge in [-0.1, -0.05) is 6.42 Å². The molecule has 1 saturated carbocycles. The molecule has 1 fully saturated rings. The smallest absolute Gasteiger partial charge is 0.175 e. The van der Waals surface area contributed by atoms with Crippen molar-refractivity contribution in [3.05, 3.63) is 29.6 Å². The largest absolute Gasteiger partial charge is 0.496 e. The zero-order valence-electron chi connectivity index (χ0n) is 9.70. The molecule has 0 aliphatic heterocycles. The first-order valence-electron chi connectivity index (χ1n) is 5.62. The minimum atomic E-state index is -0.721. The van der Waals surface area contributed by atoms with Crippen molar-refractivity contribution in [2.75, 3.05) is 13.7 Å². The van der Waals surface area contributed by atoms with Gasteiger partial charge < -0.3 is 9.84 Å². The third kappa shape index (κ3) is 1.93. The molecule has 0 aromatic heterocycles. The van der Waals surface area contributed by atoms with Crippen molar-refractivity contribution in [1.29, 1.82) is 0 Å². The molecule has 2 rings (SSSR count). The van der Waals surface area contributed by atoms with Crippen molar-refractivity contribution in [1.82, 2.24) is 0 Å². The van der Waals surface area contributed by atoms with Crippen molar-refractivity contribution in [3.63, 3.8) is 0 Å². The van der Waals surface area contributed by atoms with Gasteiger partial charge in [0, 0.05) is 0 Å². The first-order valence-corrected chi connectivity index (χ1v) is 5.62. The van der Waals surface area contributed by atoms with Crippen molar-refractivity contribution in [2.24, 2.45) is 5.41 Å². The number of methoxy groups -OCH3 is 1. The maximum Gasteiger partial charge on any atom is 0.175 e. The van der Waals surface area contributed by atoms with Gasteiger partial charge in [-0.2, -0.15) is 0 Å². The molecule has 1 N–H and O–H groups in total. The van der Waals surface area contributed by atoms with E-state index in [1.165, 1.54) is 25.3 Å². The van der Waals surface area contributed by atoms with Gasteiger partial charge in [0.15, 0.2) is 5.78 Å². The van der Waals surface area contributed by atoms with E-state index in [0.29, 0.717) is 18.6 Å². The van der Waals surface area contributed by atoms with E-state index in [4.69, 9.17) is 4.74 Å². The Morgan fingerprint density at radius 1 is 1.53 bits per heavy atom. The van der Waals surface area contributed by atoms with Gasteiger partial charge in [-0.15, -0.1) is 0 Å². The number of benzene rings is 1. The van der Waals surface area contributed by atoms with Gasteiger partial charge in [-0.25, -0.2) is 4.39 Å². The van der Waals surface area contributed by atoms with Gasteiger partial charge in [0.05, 0.1) is 24.7 Å². The highest BCUT2D eigenvalue weighted by molar-refractivity contribution is 6.03. The fraction of sp³-hybridized carbons (Fsp3) is 0.462. The molecule has 92 valence electrons. The van der Waals surface area contributed by atoms with Crippen LogP contribution in [0.15, 0.2) is 18.2 Å². The molecule has 17 heavy (non-hydrogen) atoms. The maximum absolute atomic E-state index is 13.2. The summed E-state index contributed by atoms with van der Waals surface area (Å²) >= 11 is 0. The minimum Gasteiger partial charge on any atom is -0.496 e. The van der Waals surface area contributed by atoms with Gasteiger partial charge in [0.25, 0.3) is 0 Å². The van der Waals surface area contributed by atoms with E-state index >= 15 is 0 Å². The van der Waals surface area contributed by atoms with Crippen molar-refractivity contribution >= 4 is 5.78 Å². The lowest BCUT2D eigenvalue weighted by molar-refractivity contribution is 0.0345. The molecular formula is C13H15FO3. The molecule has 0 saturated heterocycles. The van der Waals surface area contributed by atoms with E-state index in [-0.39, 0.29) is 18.0 Å². The molecule has 1 aliphatic rings. The summed E-state index contributed by atoms with van der Waals surface area (Å²) in [6.45, 7) is -0.189. The molecule has 0 amide bonds. The van der Waals surface area contributed by atoms with E-state index in [9.17, 15) is 14.3 Å². The Hall–Kier alpha value is -1.42. The van der Waals surface area contributed by atoms with Gasteiger partial charge in [0.2, 0.25) is 0 Å². The second kappa shape index (κ2) is 4.45. The molecule has 0 radical (unpaired) electrons. The van der Waals surface area contributed by atoms with Crippen LogP contribution in [-0.4, -0.2) is 24.6 Å². The third-order valence-corrected chi connectivity index (χ3v) is 3.50. The lowest BCUT2D eigenvalue weighted by Gasteiger charge is -2.38. The standard InChI is InChI=1S/C13H15FO3/c1-17-11-4-3-9(14)7-10(11)12(16)13(8-15)5-2-6-13/h3-4,7,15H,2,5-6,8H2,1H3. The van der Waals surface area contributed by atoms with Crippen molar-refractivity contribution < 1.29 is 19.0 Å². The summed E-state index contributed by atoms with van der Waals surface area (Å²) in [5.74, 6) is -0.333. The molecule has 3 nitrogen and oxygen atoms in total. The number of hydrogen-bond donors (Lipinski definition) is 1. The second-order valence-electron chi connectivity index (χ2n) is 4.47. The number of hydrogen-bond acceptors (Lipinski definition) is 3. The Morgan fingerprint density at radius 2 is 2.24 bits per heavy atom. The SMILES string of the molecule is COc1ccc(F)cc1C(=O)C1(CO)CCC1. The monoisotopic (exact) mass is 238 g/mol. The molecule has 1 aliphatic carbocycles. The van der Waals surface area contributed by atoms with Crippen LogP contribution in [-0.2, 0) is 0 Å². The predicted octanol–water partition coefficient (Wildman–Crippen LogP) is 2.18. The zero-order chi connectivity index (χ0) is 12.5. The van der Waals surface area contributed by atoms with Crippen LogP contribution in [0.1, 0.15) is 29.6 Å². The van der Waals surface area contributed by atoms with Crippen LogP contribution in [0, 0.1) is 11.2 Å².